The normalized spacial score (nSPS) is 13.8. The van der Waals surface area contributed by atoms with E-state index < -0.39 is 0 Å². The summed E-state index contributed by atoms with van der Waals surface area (Å²) in [6.07, 6.45) is 3.93. The monoisotopic (exact) mass is 267 g/mol. The minimum atomic E-state index is -0.211. The quantitative estimate of drug-likeness (QED) is 0.628. The molecule has 4 nitrogen and oxygen atoms in total. The maximum atomic E-state index is 12.3. The largest absolute Gasteiger partial charge is 0.270 e. The molecule has 0 bridgehead atoms. The van der Waals surface area contributed by atoms with E-state index in [0.717, 1.165) is 12.1 Å². The van der Waals surface area contributed by atoms with Gasteiger partial charge in [-0.25, -0.2) is 4.57 Å². The van der Waals surface area contributed by atoms with Crippen LogP contribution in [0, 0.1) is 0 Å². The van der Waals surface area contributed by atoms with Crippen molar-refractivity contribution in [1.82, 2.24) is 4.90 Å². The third-order valence-corrected chi connectivity index (χ3v) is 3.50. The summed E-state index contributed by atoms with van der Waals surface area (Å²) in [6, 6.07) is 10.8. The van der Waals surface area contributed by atoms with Crippen LogP contribution >= 0.6 is 0 Å². The highest BCUT2D eigenvalue weighted by Crippen LogP contribution is 2.23. The second-order valence-corrected chi connectivity index (χ2v) is 4.78. The smallest absolute Gasteiger partial charge is 0.261 e. The molecule has 0 atom stereocenters. The van der Waals surface area contributed by atoms with E-state index in [1.165, 1.54) is 4.90 Å². The number of hydrogen-bond donors (Lipinski definition) is 0. The number of carbonyl (C=O) groups excluding carboxylic acids is 2. The Morgan fingerprint density at radius 3 is 2.25 bits per heavy atom. The first-order valence-corrected chi connectivity index (χ1v) is 6.64. The number of imide groups is 1. The van der Waals surface area contributed by atoms with Gasteiger partial charge in [0.2, 0.25) is 0 Å². The first kappa shape index (κ1) is 12.5. The van der Waals surface area contributed by atoms with Crippen LogP contribution in [0.2, 0.25) is 0 Å². The molecule has 2 amide bonds. The Bertz CT molecular complexity index is 659. The van der Waals surface area contributed by atoms with Gasteiger partial charge in [0, 0.05) is 11.6 Å². The van der Waals surface area contributed by atoms with Crippen LogP contribution in [0.1, 0.15) is 33.2 Å². The molecular weight excluding hydrogens is 252 g/mol. The third kappa shape index (κ3) is 1.99. The van der Waals surface area contributed by atoms with Crippen molar-refractivity contribution in [2.24, 2.45) is 0 Å². The van der Waals surface area contributed by atoms with Crippen LogP contribution in [0.4, 0.5) is 0 Å². The molecular formula is C16H15N2O2+. The van der Waals surface area contributed by atoms with Gasteiger partial charge >= 0.3 is 0 Å². The molecule has 20 heavy (non-hydrogen) atoms. The average Bonchev–Trinajstić information content (AvgIpc) is 2.73. The van der Waals surface area contributed by atoms with Crippen LogP contribution in [-0.2, 0) is 13.1 Å². The first-order chi connectivity index (χ1) is 9.70. The van der Waals surface area contributed by atoms with E-state index in [1.807, 2.05) is 36.0 Å². The number of nitrogens with zero attached hydrogens (tertiary/aromatic N) is 2. The second kappa shape index (κ2) is 4.89. The third-order valence-electron chi connectivity index (χ3n) is 3.50. The van der Waals surface area contributed by atoms with Gasteiger partial charge in [0.1, 0.15) is 6.54 Å². The fraction of sp³-hybridized carbons (Fsp3) is 0.188. The molecule has 0 N–H and O–H groups in total. The number of aryl methyl sites for hydroxylation is 1. The number of benzene rings is 1. The lowest BCUT2D eigenvalue weighted by atomic mass is 10.1. The Kier molecular flexibility index (Phi) is 3.06. The molecule has 3 rings (SSSR count). The van der Waals surface area contributed by atoms with E-state index in [9.17, 15) is 9.59 Å². The minimum Gasteiger partial charge on any atom is -0.270 e. The highest BCUT2D eigenvalue weighted by molar-refractivity contribution is 6.21. The van der Waals surface area contributed by atoms with Gasteiger partial charge in [0.05, 0.1) is 17.7 Å². The summed E-state index contributed by atoms with van der Waals surface area (Å²) in [5.41, 5.74) is 1.94. The van der Waals surface area contributed by atoms with Crippen molar-refractivity contribution in [3.63, 3.8) is 0 Å². The summed E-state index contributed by atoms with van der Waals surface area (Å²) in [7, 11) is 0. The second-order valence-electron chi connectivity index (χ2n) is 4.78. The van der Waals surface area contributed by atoms with Crippen LogP contribution in [0.15, 0.2) is 48.8 Å². The Balaban J connectivity index is 1.89. The van der Waals surface area contributed by atoms with Gasteiger partial charge in [0.25, 0.3) is 11.8 Å². The fourth-order valence-corrected chi connectivity index (χ4v) is 2.43. The van der Waals surface area contributed by atoms with Gasteiger partial charge < -0.3 is 0 Å². The summed E-state index contributed by atoms with van der Waals surface area (Å²) in [5, 5.41) is 0. The molecule has 0 saturated carbocycles. The molecule has 0 unspecified atom stereocenters. The highest BCUT2D eigenvalue weighted by atomic mass is 16.2. The van der Waals surface area contributed by atoms with E-state index in [-0.39, 0.29) is 11.8 Å². The topological polar surface area (TPSA) is 41.3 Å². The minimum absolute atomic E-state index is 0.211. The standard InChI is InChI=1S/C16H15N2O2/c1-2-17-9-5-6-12(10-17)11-18-15(19)13-7-3-4-8-14(13)16(18)20/h3-10H,2,11H2,1H3/q+1. The number of rotatable bonds is 3. The van der Waals surface area contributed by atoms with Gasteiger partial charge in [-0.2, -0.15) is 0 Å². The lowest BCUT2D eigenvalue weighted by Crippen LogP contribution is -2.34. The molecule has 4 heteroatoms. The highest BCUT2D eigenvalue weighted by Gasteiger charge is 2.35. The van der Waals surface area contributed by atoms with Crippen LogP contribution < -0.4 is 4.57 Å². The average molecular weight is 267 g/mol. The molecule has 1 aliphatic heterocycles. The Morgan fingerprint density at radius 1 is 1.00 bits per heavy atom. The zero-order valence-corrected chi connectivity index (χ0v) is 11.2. The van der Waals surface area contributed by atoms with Crippen molar-refractivity contribution in [3.05, 3.63) is 65.5 Å². The van der Waals surface area contributed by atoms with Crippen molar-refractivity contribution in [2.45, 2.75) is 20.0 Å². The van der Waals surface area contributed by atoms with Crippen molar-refractivity contribution in [1.29, 1.82) is 0 Å². The van der Waals surface area contributed by atoms with Crippen LogP contribution in [0.5, 0.6) is 0 Å². The van der Waals surface area contributed by atoms with Crippen molar-refractivity contribution >= 4 is 11.8 Å². The Morgan fingerprint density at radius 2 is 1.65 bits per heavy atom. The molecule has 2 aromatic rings. The number of hydrogen-bond acceptors (Lipinski definition) is 2. The molecule has 1 aromatic heterocycles. The number of amides is 2. The van der Waals surface area contributed by atoms with Gasteiger partial charge in [0.15, 0.2) is 12.4 Å². The first-order valence-electron chi connectivity index (χ1n) is 6.64. The Hall–Kier alpha value is -2.49. The zero-order chi connectivity index (χ0) is 14.1. The molecule has 1 aromatic carbocycles. The van der Waals surface area contributed by atoms with Gasteiger partial charge in [-0.15, -0.1) is 0 Å². The fourth-order valence-electron chi connectivity index (χ4n) is 2.43. The van der Waals surface area contributed by atoms with Crippen molar-refractivity contribution in [2.75, 3.05) is 0 Å². The molecule has 0 spiro atoms. The van der Waals surface area contributed by atoms with E-state index in [4.69, 9.17) is 0 Å². The molecule has 0 saturated heterocycles. The molecule has 0 aliphatic carbocycles. The lowest BCUT2D eigenvalue weighted by Gasteiger charge is -2.12. The molecule has 1 aliphatic rings. The Labute approximate surface area is 117 Å². The van der Waals surface area contributed by atoms with Gasteiger partial charge in [-0.3, -0.25) is 14.5 Å². The van der Waals surface area contributed by atoms with Crippen molar-refractivity contribution < 1.29 is 14.2 Å². The van der Waals surface area contributed by atoms with Crippen LogP contribution in [0.25, 0.3) is 0 Å². The summed E-state index contributed by atoms with van der Waals surface area (Å²) < 4.78 is 2.02. The van der Waals surface area contributed by atoms with E-state index in [1.54, 1.807) is 24.3 Å². The van der Waals surface area contributed by atoms with E-state index in [0.29, 0.717) is 17.7 Å². The SMILES string of the molecule is CC[n+]1cccc(CN2C(=O)c3ccccc3C2=O)c1. The molecule has 0 fully saturated rings. The molecule has 0 radical (unpaired) electrons. The number of pyridine rings is 1. The number of carbonyl (C=O) groups is 2. The summed E-state index contributed by atoms with van der Waals surface area (Å²) in [6.45, 7) is 3.22. The number of aromatic nitrogens is 1. The lowest BCUT2D eigenvalue weighted by molar-refractivity contribution is -0.694. The van der Waals surface area contributed by atoms with Gasteiger partial charge in [-0.05, 0) is 25.1 Å². The summed E-state index contributed by atoms with van der Waals surface area (Å²) >= 11 is 0. The van der Waals surface area contributed by atoms with Gasteiger partial charge in [-0.1, -0.05) is 12.1 Å². The van der Waals surface area contributed by atoms with Crippen LogP contribution in [0.3, 0.4) is 0 Å². The molecule has 2 heterocycles. The predicted molar refractivity (Wildman–Crippen MR) is 73.0 cm³/mol. The van der Waals surface area contributed by atoms with Crippen molar-refractivity contribution in [3.8, 4) is 0 Å². The molecule has 100 valence electrons. The van der Waals surface area contributed by atoms with E-state index in [2.05, 4.69) is 0 Å². The zero-order valence-electron chi connectivity index (χ0n) is 11.2. The summed E-state index contributed by atoms with van der Waals surface area (Å²) in [4.78, 5) is 25.8. The van der Waals surface area contributed by atoms with E-state index >= 15 is 0 Å². The maximum Gasteiger partial charge on any atom is 0.261 e. The predicted octanol–water partition coefficient (Wildman–Crippen LogP) is 1.79. The maximum absolute atomic E-state index is 12.3. The number of fused-ring (bicyclic) bond motifs is 1. The van der Waals surface area contributed by atoms with Crippen LogP contribution in [-0.4, -0.2) is 16.7 Å². The summed E-state index contributed by atoms with van der Waals surface area (Å²) in [5.74, 6) is -0.421.